The van der Waals surface area contributed by atoms with E-state index in [0.717, 1.165) is 6.07 Å². The van der Waals surface area contributed by atoms with Gasteiger partial charge in [-0.3, -0.25) is 14.4 Å². The number of carboxylic acids is 1. The molecule has 0 radical (unpaired) electrons. The molecule has 2 atom stereocenters. The van der Waals surface area contributed by atoms with E-state index in [1.807, 2.05) is 0 Å². The zero-order valence-electron chi connectivity index (χ0n) is 18.8. The molecule has 1 amide bonds. The molecule has 0 aliphatic heterocycles. The van der Waals surface area contributed by atoms with Gasteiger partial charge in [0.25, 0.3) is 11.5 Å². The predicted molar refractivity (Wildman–Crippen MR) is 127 cm³/mol. The monoisotopic (exact) mass is 498 g/mol. The molecule has 0 bridgehead atoms. The molecule has 0 aliphatic carbocycles. The Morgan fingerprint density at radius 2 is 1.86 bits per heavy atom. The van der Waals surface area contributed by atoms with E-state index in [-0.39, 0.29) is 47.2 Å². The summed E-state index contributed by atoms with van der Waals surface area (Å²) in [6.45, 7) is 0.0813. The van der Waals surface area contributed by atoms with Crippen molar-refractivity contribution in [2.45, 2.75) is 31.5 Å². The molecule has 188 valence electrons. The van der Waals surface area contributed by atoms with Crippen LogP contribution in [0.2, 0.25) is 0 Å². The maximum absolute atomic E-state index is 14.3. The number of hydrogen-bond acceptors (Lipinski definition) is 7. The van der Waals surface area contributed by atoms with Gasteiger partial charge in [0.05, 0.1) is 40.6 Å². The fourth-order valence-corrected chi connectivity index (χ4v) is 3.95. The number of amides is 1. The summed E-state index contributed by atoms with van der Waals surface area (Å²) < 4.78 is 14.3. The van der Waals surface area contributed by atoms with Gasteiger partial charge in [-0.25, -0.2) is 9.37 Å². The van der Waals surface area contributed by atoms with Gasteiger partial charge in [0.2, 0.25) is 0 Å². The lowest BCUT2D eigenvalue weighted by molar-refractivity contribution is -0.139. The number of nitrogens with one attached hydrogen (secondary N) is 3. The molecular formula is C24H23FN4O7. The number of aliphatic hydroxyl groups excluding tert-OH is 2. The summed E-state index contributed by atoms with van der Waals surface area (Å²) in [6, 6.07) is 8.55. The molecule has 0 saturated carbocycles. The lowest BCUT2D eigenvalue weighted by atomic mass is 10.1. The second kappa shape index (κ2) is 10.1. The van der Waals surface area contributed by atoms with E-state index in [1.165, 1.54) is 30.3 Å². The molecule has 4 aromatic rings. The Bertz CT molecular complexity index is 1510. The number of rotatable bonds is 9. The van der Waals surface area contributed by atoms with Gasteiger partial charge in [0.15, 0.2) is 0 Å². The number of fused-ring (bicyclic) bond motifs is 2. The third-order valence-electron chi connectivity index (χ3n) is 5.66. The fraction of sp³-hybridized carbons (Fsp3) is 0.250. The van der Waals surface area contributed by atoms with Gasteiger partial charge in [-0.2, -0.15) is 0 Å². The normalized spacial score (nSPS) is 13.1. The van der Waals surface area contributed by atoms with Gasteiger partial charge in [0, 0.05) is 12.1 Å². The van der Waals surface area contributed by atoms with Crippen LogP contribution in [-0.4, -0.2) is 66.0 Å². The Balaban J connectivity index is 1.49. The van der Waals surface area contributed by atoms with E-state index in [2.05, 4.69) is 20.3 Å². The molecule has 36 heavy (non-hydrogen) atoms. The van der Waals surface area contributed by atoms with Crippen LogP contribution in [0.3, 0.4) is 0 Å². The van der Waals surface area contributed by atoms with Crippen LogP contribution in [0, 0.1) is 5.82 Å². The molecule has 2 aromatic carbocycles. The first-order chi connectivity index (χ1) is 17.1. The summed E-state index contributed by atoms with van der Waals surface area (Å²) in [5, 5.41) is 41.2. The van der Waals surface area contributed by atoms with E-state index >= 15 is 0 Å². The van der Waals surface area contributed by atoms with Crippen LogP contribution in [0.15, 0.2) is 41.2 Å². The van der Waals surface area contributed by atoms with Crippen molar-refractivity contribution in [1.82, 2.24) is 20.3 Å². The second-order valence-corrected chi connectivity index (χ2v) is 8.34. The summed E-state index contributed by atoms with van der Waals surface area (Å²) >= 11 is 0. The first kappa shape index (κ1) is 24.8. The standard InChI is InChI=1S/C24H23FN4O7/c25-14-2-1-3-16-19(14)21(34)20(24(36)29-16)22-27-15-5-4-11(8-17(15)28-22)23(35)26-7-6-12(30)9-13(31)10-18(32)33/h1-5,8,12-13,30-31H,6-7,9-10H2,(H,26,35)(H,27,28)(H,32,33)(H2,29,34,36). The van der Waals surface area contributed by atoms with Crippen LogP contribution in [0.4, 0.5) is 4.39 Å². The summed E-state index contributed by atoms with van der Waals surface area (Å²) in [7, 11) is 0. The number of aromatic nitrogens is 3. The number of H-pyrrole nitrogens is 2. The van der Waals surface area contributed by atoms with Gasteiger partial charge in [-0.05, 0) is 43.2 Å². The number of aliphatic carboxylic acids is 1. The highest BCUT2D eigenvalue weighted by Gasteiger charge is 2.20. The number of nitrogens with zero attached hydrogens (tertiary/aromatic N) is 1. The van der Waals surface area contributed by atoms with Crippen LogP contribution in [0.1, 0.15) is 29.6 Å². The predicted octanol–water partition coefficient (Wildman–Crippen LogP) is 1.62. The minimum Gasteiger partial charge on any atom is -0.506 e. The lowest BCUT2D eigenvalue weighted by Gasteiger charge is -2.14. The highest BCUT2D eigenvalue weighted by molar-refractivity contribution is 5.98. The molecule has 11 nitrogen and oxygen atoms in total. The second-order valence-electron chi connectivity index (χ2n) is 8.34. The summed E-state index contributed by atoms with van der Waals surface area (Å²) in [6.07, 6.45) is -2.67. The summed E-state index contributed by atoms with van der Waals surface area (Å²) in [5.74, 6) is -2.91. The number of benzene rings is 2. The van der Waals surface area contributed by atoms with Crippen LogP contribution >= 0.6 is 0 Å². The first-order valence-corrected chi connectivity index (χ1v) is 11.0. The van der Waals surface area contributed by atoms with Crippen molar-refractivity contribution in [2.24, 2.45) is 0 Å². The number of aromatic amines is 2. The highest BCUT2D eigenvalue weighted by Crippen LogP contribution is 2.33. The summed E-state index contributed by atoms with van der Waals surface area (Å²) in [4.78, 5) is 45.4. The molecule has 2 unspecified atom stereocenters. The van der Waals surface area contributed by atoms with E-state index in [0.29, 0.717) is 11.0 Å². The number of carbonyl (C=O) groups excluding carboxylic acids is 1. The number of aromatic hydroxyl groups is 1. The number of carboxylic acid groups (broad SMARTS) is 1. The first-order valence-electron chi connectivity index (χ1n) is 11.0. The van der Waals surface area contributed by atoms with Gasteiger partial charge >= 0.3 is 5.97 Å². The van der Waals surface area contributed by atoms with E-state index in [1.54, 1.807) is 0 Å². The molecule has 0 spiro atoms. The van der Waals surface area contributed by atoms with Gasteiger partial charge < -0.3 is 35.7 Å². The molecule has 0 saturated heterocycles. The zero-order valence-corrected chi connectivity index (χ0v) is 18.8. The Morgan fingerprint density at radius 3 is 2.61 bits per heavy atom. The van der Waals surface area contributed by atoms with Crippen molar-refractivity contribution in [3.63, 3.8) is 0 Å². The fourth-order valence-electron chi connectivity index (χ4n) is 3.95. The topological polar surface area (TPSA) is 189 Å². The Labute approximate surface area is 202 Å². The van der Waals surface area contributed by atoms with E-state index in [9.17, 15) is 34.1 Å². The molecule has 12 heteroatoms. The largest absolute Gasteiger partial charge is 0.506 e. The van der Waals surface area contributed by atoms with Crippen molar-refractivity contribution in [2.75, 3.05) is 6.54 Å². The zero-order chi connectivity index (χ0) is 26.0. The van der Waals surface area contributed by atoms with Crippen LogP contribution in [-0.2, 0) is 4.79 Å². The van der Waals surface area contributed by atoms with Crippen molar-refractivity contribution in [3.8, 4) is 17.1 Å². The molecule has 7 N–H and O–H groups in total. The quantitative estimate of drug-likeness (QED) is 0.181. The number of halogens is 1. The average Bonchev–Trinajstić information content (AvgIpc) is 3.20. The van der Waals surface area contributed by atoms with Gasteiger partial charge in [0.1, 0.15) is 23.0 Å². The summed E-state index contributed by atoms with van der Waals surface area (Å²) in [5.41, 5.74) is 0.265. The van der Waals surface area contributed by atoms with Gasteiger partial charge in [-0.15, -0.1) is 0 Å². The van der Waals surface area contributed by atoms with Crippen LogP contribution in [0.25, 0.3) is 33.3 Å². The maximum atomic E-state index is 14.3. The van der Waals surface area contributed by atoms with E-state index < -0.39 is 47.6 Å². The molecular weight excluding hydrogens is 475 g/mol. The van der Waals surface area contributed by atoms with Crippen molar-refractivity contribution in [3.05, 3.63) is 58.1 Å². The molecule has 0 fully saturated rings. The van der Waals surface area contributed by atoms with Crippen molar-refractivity contribution >= 4 is 33.8 Å². The third-order valence-corrected chi connectivity index (χ3v) is 5.66. The number of carbonyl (C=O) groups is 2. The molecule has 2 heterocycles. The molecule has 0 aliphatic rings. The molecule has 2 aromatic heterocycles. The maximum Gasteiger partial charge on any atom is 0.305 e. The number of pyridine rings is 1. The smallest absolute Gasteiger partial charge is 0.305 e. The van der Waals surface area contributed by atoms with Crippen molar-refractivity contribution in [1.29, 1.82) is 0 Å². The number of aliphatic hydroxyl groups is 2. The SMILES string of the molecule is O=C(O)CC(O)CC(O)CCNC(=O)c1ccc2nc(-c3c(O)c4c(F)cccc4[nH]c3=O)[nH]c2c1. The Morgan fingerprint density at radius 1 is 1.08 bits per heavy atom. The highest BCUT2D eigenvalue weighted by atomic mass is 19.1. The molecule has 4 rings (SSSR count). The Hall–Kier alpha value is -4.29. The van der Waals surface area contributed by atoms with E-state index in [4.69, 9.17) is 5.11 Å². The van der Waals surface area contributed by atoms with Crippen LogP contribution in [0.5, 0.6) is 5.75 Å². The lowest BCUT2D eigenvalue weighted by Crippen LogP contribution is -2.29. The van der Waals surface area contributed by atoms with Gasteiger partial charge in [-0.1, -0.05) is 6.07 Å². The number of imidazole rings is 1. The third kappa shape index (κ3) is 5.19. The minimum atomic E-state index is -1.18. The van der Waals surface area contributed by atoms with Crippen LogP contribution < -0.4 is 10.9 Å². The van der Waals surface area contributed by atoms with Crippen molar-refractivity contribution < 1.29 is 34.4 Å². The Kier molecular flexibility index (Phi) is 6.99. The average molecular weight is 498 g/mol. The number of hydrogen-bond donors (Lipinski definition) is 7. The minimum absolute atomic E-state index is 0.00509.